The van der Waals surface area contributed by atoms with Gasteiger partial charge in [0.05, 0.1) is 22.8 Å². The first kappa shape index (κ1) is 55.8. The van der Waals surface area contributed by atoms with Crippen LogP contribution in [-0.4, -0.2) is 9.97 Å². The van der Waals surface area contributed by atoms with Gasteiger partial charge < -0.3 is 9.97 Å². The summed E-state index contributed by atoms with van der Waals surface area (Å²) >= 11 is 3.70. The predicted molar refractivity (Wildman–Crippen MR) is 323 cm³/mol. The molecule has 0 atom stereocenters. The van der Waals surface area contributed by atoms with Crippen molar-refractivity contribution in [3.05, 3.63) is 165 Å². The number of benzene rings is 4. The van der Waals surface area contributed by atoms with Crippen LogP contribution in [0.1, 0.15) is 186 Å². The molecular formula is C69H77BrN4Zn. The first-order valence-corrected chi connectivity index (χ1v) is 27.7. The summed E-state index contributed by atoms with van der Waals surface area (Å²) in [5, 5.41) is 0.771. The maximum absolute atomic E-state index is 5.77. The van der Waals surface area contributed by atoms with Crippen molar-refractivity contribution < 1.29 is 19.5 Å². The summed E-state index contributed by atoms with van der Waals surface area (Å²) in [7, 11) is 0. The average molecular weight is 1110 g/mol. The van der Waals surface area contributed by atoms with E-state index in [0.29, 0.717) is 0 Å². The van der Waals surface area contributed by atoms with E-state index in [-0.39, 0.29) is 52.0 Å². The molecule has 0 saturated carbocycles. The van der Waals surface area contributed by atoms with Gasteiger partial charge in [-0.2, -0.15) is 0 Å². The summed E-state index contributed by atoms with van der Waals surface area (Å²) in [6.45, 7) is 41.5. The van der Waals surface area contributed by atoms with Crippen molar-refractivity contribution >= 4 is 62.3 Å². The van der Waals surface area contributed by atoms with Crippen LogP contribution >= 0.6 is 15.9 Å². The standard InChI is InChI=1S/C69H77BrN4.Zn/c1-64(2,3)46-31-43(32-47(37-46)65(4,5)6)61-54-25-23-52(71-54)60(42-21-19-41(40-70)20-22-42)53-24-26-55(72-53)62(44-33-48(66(7,8)9)38-49(34-44)67(10,11)12)57-28-30-59(74-57)63(58-29-27-56(61)73-58)45-35-50(68(13,14)15)39-51(36-45)69(16,17)18;/h19-39H,40H2,1-18H3;/q-2;+2. The van der Waals surface area contributed by atoms with Crippen LogP contribution < -0.4 is 9.97 Å². The van der Waals surface area contributed by atoms with Gasteiger partial charge in [-0.15, -0.1) is 22.1 Å². The fourth-order valence-electron chi connectivity index (χ4n) is 9.94. The maximum Gasteiger partial charge on any atom is 2.00 e. The zero-order valence-corrected chi connectivity index (χ0v) is 52.8. The van der Waals surface area contributed by atoms with Crippen LogP contribution in [-0.2, 0) is 57.3 Å². The van der Waals surface area contributed by atoms with Crippen molar-refractivity contribution in [1.29, 1.82) is 0 Å². The topological polar surface area (TPSA) is 54.0 Å². The Morgan fingerprint density at radius 2 is 0.547 bits per heavy atom. The number of alkyl halides is 1. The molecular weight excluding hydrogens is 1030 g/mol. The van der Waals surface area contributed by atoms with E-state index in [2.05, 4.69) is 268 Å². The molecule has 75 heavy (non-hydrogen) atoms. The van der Waals surface area contributed by atoms with Gasteiger partial charge in [0.2, 0.25) is 0 Å². The van der Waals surface area contributed by atoms with E-state index >= 15 is 0 Å². The average Bonchev–Trinajstić information content (AvgIpc) is 4.16. The van der Waals surface area contributed by atoms with Gasteiger partial charge >= 0.3 is 19.5 Å². The minimum absolute atomic E-state index is 0. The van der Waals surface area contributed by atoms with Crippen molar-refractivity contribution in [3.8, 4) is 44.5 Å². The minimum atomic E-state index is -0.105. The molecule has 4 aromatic carbocycles. The van der Waals surface area contributed by atoms with Crippen molar-refractivity contribution in [2.75, 3.05) is 0 Å². The Kier molecular flexibility index (Phi) is 14.8. The summed E-state index contributed by atoms with van der Waals surface area (Å²) in [6, 6.07) is 39.0. The van der Waals surface area contributed by atoms with E-state index in [1.807, 2.05) is 0 Å². The monoisotopic (exact) mass is 1100 g/mol. The van der Waals surface area contributed by atoms with Crippen LogP contribution in [0.2, 0.25) is 0 Å². The molecule has 0 spiro atoms. The van der Waals surface area contributed by atoms with Gasteiger partial charge in [0.1, 0.15) is 0 Å². The predicted octanol–water partition coefficient (Wildman–Crippen LogP) is 19.3. The van der Waals surface area contributed by atoms with Crippen molar-refractivity contribution in [2.45, 2.75) is 162 Å². The number of halogens is 1. The van der Waals surface area contributed by atoms with Gasteiger partial charge in [-0.3, -0.25) is 0 Å². The van der Waals surface area contributed by atoms with E-state index in [4.69, 9.17) is 19.9 Å². The van der Waals surface area contributed by atoms with Crippen LogP contribution in [0.15, 0.2) is 103 Å². The van der Waals surface area contributed by atoms with Gasteiger partial charge in [-0.05, 0) is 140 Å². The Labute approximate surface area is 470 Å². The SMILES string of the molecule is CC(C)(C)c1cc(-c2c3nc(c(-c4cc(C(C)(C)C)cc(C(C)(C)C)c4)c4ccc([n-]4)c(-c4cc(C(C)(C)C)cc(C(C)(C)C)c4)c4nc(c(-c5ccc(CBr)cc5)c5ccc2[n-]5)C=C4)C=C3)cc(C(C)(C)C)c1.[Zn+2]. The number of fused-ring (bicyclic) bond motifs is 8. The first-order chi connectivity index (χ1) is 34.4. The van der Waals surface area contributed by atoms with Crippen molar-refractivity contribution in [3.63, 3.8) is 0 Å². The summed E-state index contributed by atoms with van der Waals surface area (Å²) in [5.41, 5.74) is 23.5. The normalized spacial score (nSPS) is 13.4. The molecule has 0 aliphatic carbocycles. The second kappa shape index (κ2) is 19.9. The zero-order chi connectivity index (χ0) is 53.7. The van der Waals surface area contributed by atoms with E-state index < -0.39 is 0 Å². The molecule has 0 unspecified atom stereocenters. The number of hydrogen-bond acceptors (Lipinski definition) is 2. The van der Waals surface area contributed by atoms with Crippen LogP contribution in [0.25, 0.3) is 90.9 Å². The summed E-state index contributed by atoms with van der Waals surface area (Å²) < 4.78 is 0. The molecule has 4 nitrogen and oxygen atoms in total. The third kappa shape index (κ3) is 11.5. The fourth-order valence-corrected chi connectivity index (χ4v) is 10.3. The van der Waals surface area contributed by atoms with E-state index in [0.717, 1.165) is 94.7 Å². The molecule has 5 heterocycles. The Balaban J connectivity index is 0.00000747. The van der Waals surface area contributed by atoms with E-state index in [9.17, 15) is 0 Å². The molecule has 6 heteroatoms. The van der Waals surface area contributed by atoms with Crippen molar-refractivity contribution in [2.24, 2.45) is 0 Å². The molecule has 0 fully saturated rings. The van der Waals surface area contributed by atoms with Crippen LogP contribution in [0, 0.1) is 0 Å². The molecule has 3 aromatic heterocycles. The third-order valence-corrected chi connectivity index (χ3v) is 15.5. The van der Waals surface area contributed by atoms with Crippen LogP contribution in [0.5, 0.6) is 0 Å². The quantitative estimate of drug-likeness (QED) is 0.127. The third-order valence-electron chi connectivity index (χ3n) is 14.9. The molecule has 382 valence electrons. The zero-order valence-electron chi connectivity index (χ0n) is 48.2. The Morgan fingerprint density at radius 3 is 0.760 bits per heavy atom. The van der Waals surface area contributed by atoms with E-state index in [1.165, 1.54) is 38.9 Å². The van der Waals surface area contributed by atoms with Gasteiger partial charge in [0.15, 0.2) is 0 Å². The largest absolute Gasteiger partial charge is 2.00 e. The second-order valence-electron chi connectivity index (χ2n) is 27.1. The van der Waals surface area contributed by atoms with Gasteiger partial charge in [0, 0.05) is 5.33 Å². The number of aromatic nitrogens is 4. The molecule has 8 bridgehead atoms. The van der Waals surface area contributed by atoms with Gasteiger partial charge in [0.25, 0.3) is 0 Å². The number of nitrogens with zero attached hydrogens (tertiary/aromatic N) is 4. The molecule has 0 N–H and O–H groups in total. The van der Waals surface area contributed by atoms with E-state index in [1.54, 1.807) is 0 Å². The molecule has 9 rings (SSSR count). The Hall–Kier alpha value is -5.42. The van der Waals surface area contributed by atoms with Crippen molar-refractivity contribution in [1.82, 2.24) is 19.9 Å². The smallest absolute Gasteiger partial charge is 0.657 e. The number of hydrogen-bond donors (Lipinski definition) is 0. The molecule has 0 amide bonds. The van der Waals surface area contributed by atoms with Gasteiger partial charge in [-0.25, -0.2) is 9.97 Å². The summed E-state index contributed by atoms with van der Waals surface area (Å²) in [4.78, 5) is 22.9. The molecule has 7 aromatic rings. The first-order valence-electron chi connectivity index (χ1n) is 26.6. The maximum atomic E-state index is 5.77. The van der Waals surface area contributed by atoms with Crippen LogP contribution in [0.3, 0.4) is 0 Å². The summed E-state index contributed by atoms with van der Waals surface area (Å²) in [6.07, 6.45) is 8.78. The molecule has 0 saturated heterocycles. The number of rotatable bonds is 5. The Bertz CT molecular complexity index is 3400. The molecule has 2 aliphatic rings. The minimum Gasteiger partial charge on any atom is -0.657 e. The fraction of sp³-hybridized carbons (Fsp3) is 0.362. The Morgan fingerprint density at radius 1 is 0.320 bits per heavy atom. The molecule has 2 aliphatic heterocycles. The van der Waals surface area contributed by atoms with Gasteiger partial charge in [-0.1, -0.05) is 244 Å². The second-order valence-corrected chi connectivity index (χ2v) is 27.7. The van der Waals surface area contributed by atoms with Crippen LogP contribution in [0.4, 0.5) is 0 Å². The summed E-state index contributed by atoms with van der Waals surface area (Å²) in [5.74, 6) is 0. The molecule has 0 radical (unpaired) electrons.